The smallest absolute Gasteiger partial charge is 0.261 e. The highest BCUT2D eigenvalue weighted by Crippen LogP contribution is 2.20. The summed E-state index contributed by atoms with van der Waals surface area (Å²) in [5, 5.41) is 7.04. The van der Waals surface area contributed by atoms with E-state index in [1.54, 1.807) is 36.1 Å². The van der Waals surface area contributed by atoms with E-state index in [1.165, 1.54) is 18.5 Å². The molecule has 0 unspecified atom stereocenters. The summed E-state index contributed by atoms with van der Waals surface area (Å²) in [6.45, 7) is 4.53. The van der Waals surface area contributed by atoms with Crippen molar-refractivity contribution < 1.29 is 13.2 Å². The molecule has 0 aliphatic heterocycles. The van der Waals surface area contributed by atoms with Crippen LogP contribution in [0.1, 0.15) is 32.6 Å². The van der Waals surface area contributed by atoms with E-state index in [2.05, 4.69) is 20.1 Å². The van der Waals surface area contributed by atoms with E-state index in [0.717, 1.165) is 16.7 Å². The Hall–Kier alpha value is -3.98. The number of sulfonamides is 1. The third kappa shape index (κ3) is 5.49. The summed E-state index contributed by atoms with van der Waals surface area (Å²) in [6, 6.07) is 19.3. The Labute approximate surface area is 198 Å². The molecule has 0 spiro atoms. The Kier molecular flexibility index (Phi) is 6.74. The van der Waals surface area contributed by atoms with Crippen LogP contribution in [-0.2, 0) is 23.1 Å². The van der Waals surface area contributed by atoms with Crippen LogP contribution < -0.4 is 10.0 Å². The van der Waals surface area contributed by atoms with E-state index in [4.69, 9.17) is 0 Å². The molecular formula is C25H25N5O3S. The first-order chi connectivity index (χ1) is 16.3. The average Bonchev–Trinajstić information content (AvgIpc) is 3.33. The lowest BCUT2D eigenvalue weighted by Gasteiger charge is -2.13. The van der Waals surface area contributed by atoms with Gasteiger partial charge in [-0.2, -0.15) is 5.10 Å². The fourth-order valence-electron chi connectivity index (χ4n) is 3.49. The predicted molar refractivity (Wildman–Crippen MR) is 130 cm³/mol. The van der Waals surface area contributed by atoms with Crippen molar-refractivity contribution in [1.82, 2.24) is 20.1 Å². The van der Waals surface area contributed by atoms with Crippen LogP contribution >= 0.6 is 0 Å². The van der Waals surface area contributed by atoms with Gasteiger partial charge in [-0.3, -0.25) is 9.52 Å². The molecular weight excluding hydrogens is 450 g/mol. The van der Waals surface area contributed by atoms with Gasteiger partial charge in [0.05, 0.1) is 11.4 Å². The molecule has 0 atom stereocenters. The molecule has 0 aliphatic carbocycles. The molecule has 9 heteroatoms. The highest BCUT2D eigenvalue weighted by molar-refractivity contribution is 7.92. The highest BCUT2D eigenvalue weighted by Gasteiger charge is 2.18. The van der Waals surface area contributed by atoms with Gasteiger partial charge in [-0.25, -0.2) is 18.1 Å². The Morgan fingerprint density at radius 1 is 0.971 bits per heavy atom. The van der Waals surface area contributed by atoms with E-state index in [1.807, 2.05) is 43.3 Å². The summed E-state index contributed by atoms with van der Waals surface area (Å²) in [7, 11) is -3.85. The largest absolute Gasteiger partial charge is 0.348 e. The van der Waals surface area contributed by atoms with Crippen molar-refractivity contribution in [1.29, 1.82) is 0 Å². The minimum atomic E-state index is -3.85. The van der Waals surface area contributed by atoms with Crippen LogP contribution in [-0.4, -0.2) is 29.1 Å². The molecule has 1 amide bonds. The van der Waals surface area contributed by atoms with Gasteiger partial charge in [0, 0.05) is 17.8 Å². The van der Waals surface area contributed by atoms with Crippen LogP contribution in [0.3, 0.4) is 0 Å². The molecule has 4 aromatic rings. The second-order valence-electron chi connectivity index (χ2n) is 7.99. The second-order valence-corrected chi connectivity index (χ2v) is 9.68. The first kappa shape index (κ1) is 23.2. The number of carbonyl (C=O) groups is 1. The van der Waals surface area contributed by atoms with Gasteiger partial charge in [0.1, 0.15) is 12.7 Å². The van der Waals surface area contributed by atoms with Crippen molar-refractivity contribution in [2.45, 2.75) is 31.8 Å². The summed E-state index contributed by atoms with van der Waals surface area (Å²) < 4.78 is 30.1. The summed E-state index contributed by atoms with van der Waals surface area (Å²) in [5.41, 5.74) is 4.42. The predicted octanol–water partition coefficient (Wildman–Crippen LogP) is 3.67. The van der Waals surface area contributed by atoms with Crippen molar-refractivity contribution in [3.63, 3.8) is 0 Å². The molecule has 0 bridgehead atoms. The van der Waals surface area contributed by atoms with Gasteiger partial charge in [-0.15, -0.1) is 0 Å². The minimum absolute atomic E-state index is 0.0235. The zero-order chi connectivity index (χ0) is 24.1. The molecule has 0 saturated heterocycles. The molecule has 0 fully saturated rings. The van der Waals surface area contributed by atoms with Gasteiger partial charge in [-0.1, -0.05) is 48.0 Å². The quantitative estimate of drug-likeness (QED) is 0.404. The van der Waals surface area contributed by atoms with E-state index in [9.17, 15) is 13.2 Å². The summed E-state index contributed by atoms with van der Waals surface area (Å²) in [4.78, 5) is 17.0. The van der Waals surface area contributed by atoms with Crippen LogP contribution in [0.15, 0.2) is 84.3 Å². The molecule has 174 valence electrons. The van der Waals surface area contributed by atoms with Gasteiger partial charge < -0.3 is 5.32 Å². The summed E-state index contributed by atoms with van der Waals surface area (Å²) in [6.07, 6.45) is 3.11. The Morgan fingerprint density at radius 3 is 2.41 bits per heavy atom. The highest BCUT2D eigenvalue weighted by atomic mass is 32.2. The lowest BCUT2D eigenvalue weighted by Crippen LogP contribution is -2.25. The number of benzene rings is 3. The van der Waals surface area contributed by atoms with Gasteiger partial charge in [0.25, 0.3) is 15.9 Å². The van der Waals surface area contributed by atoms with E-state index in [-0.39, 0.29) is 10.8 Å². The van der Waals surface area contributed by atoms with Crippen LogP contribution in [0, 0.1) is 13.8 Å². The first-order valence-corrected chi connectivity index (χ1v) is 12.2. The number of aryl methyl sites for hydroxylation is 2. The maximum absolute atomic E-state index is 13.0. The number of carbonyl (C=O) groups excluding carboxylic acids is 1. The standard InChI is InChI=1S/C25H25N5O3S/c1-18-7-10-22(11-8-18)29-34(32,33)23-12-9-19(2)24(13-23)25(31)27-14-20-5-3-4-6-21(20)15-30-17-26-16-28-30/h3-13,16-17,29H,14-15H2,1-2H3,(H,27,31). The van der Waals surface area contributed by atoms with E-state index in [0.29, 0.717) is 29.9 Å². The Morgan fingerprint density at radius 2 is 1.71 bits per heavy atom. The number of anilines is 1. The van der Waals surface area contributed by atoms with E-state index < -0.39 is 10.0 Å². The van der Waals surface area contributed by atoms with Crippen LogP contribution in [0.5, 0.6) is 0 Å². The number of rotatable bonds is 8. The molecule has 1 aromatic heterocycles. The second kappa shape index (κ2) is 9.88. The molecule has 4 rings (SSSR count). The molecule has 0 aliphatic rings. The molecule has 0 radical (unpaired) electrons. The van der Waals surface area contributed by atoms with Crippen molar-refractivity contribution in [2.75, 3.05) is 4.72 Å². The maximum Gasteiger partial charge on any atom is 0.261 e. The zero-order valence-corrected chi connectivity index (χ0v) is 19.7. The topological polar surface area (TPSA) is 106 Å². The van der Waals surface area contributed by atoms with Crippen molar-refractivity contribution in [3.05, 3.63) is 107 Å². The third-order valence-electron chi connectivity index (χ3n) is 5.42. The van der Waals surface area contributed by atoms with Crippen molar-refractivity contribution >= 4 is 21.6 Å². The van der Waals surface area contributed by atoms with Gasteiger partial charge in [0.2, 0.25) is 0 Å². The Balaban J connectivity index is 1.50. The number of nitrogens with zero attached hydrogens (tertiary/aromatic N) is 3. The molecule has 3 aromatic carbocycles. The van der Waals surface area contributed by atoms with Gasteiger partial charge >= 0.3 is 0 Å². The molecule has 34 heavy (non-hydrogen) atoms. The first-order valence-electron chi connectivity index (χ1n) is 10.7. The summed E-state index contributed by atoms with van der Waals surface area (Å²) >= 11 is 0. The van der Waals surface area contributed by atoms with Crippen LogP contribution in [0.4, 0.5) is 5.69 Å². The summed E-state index contributed by atoms with van der Waals surface area (Å²) in [5.74, 6) is -0.347. The van der Waals surface area contributed by atoms with Gasteiger partial charge in [-0.05, 0) is 54.8 Å². The lowest BCUT2D eigenvalue weighted by molar-refractivity contribution is 0.0950. The number of hydrogen-bond donors (Lipinski definition) is 2. The number of hydrogen-bond acceptors (Lipinski definition) is 5. The average molecular weight is 476 g/mol. The fraction of sp³-hybridized carbons (Fsp3) is 0.160. The van der Waals surface area contributed by atoms with E-state index >= 15 is 0 Å². The molecule has 1 heterocycles. The van der Waals surface area contributed by atoms with Gasteiger partial charge in [0.15, 0.2) is 0 Å². The number of amides is 1. The third-order valence-corrected chi connectivity index (χ3v) is 6.80. The fourth-order valence-corrected chi connectivity index (χ4v) is 4.58. The van der Waals surface area contributed by atoms with Crippen molar-refractivity contribution in [3.8, 4) is 0 Å². The lowest BCUT2D eigenvalue weighted by atomic mass is 10.1. The van der Waals surface area contributed by atoms with Crippen LogP contribution in [0.2, 0.25) is 0 Å². The Bertz CT molecular complexity index is 1400. The zero-order valence-electron chi connectivity index (χ0n) is 18.9. The number of aromatic nitrogens is 3. The maximum atomic E-state index is 13.0. The normalized spacial score (nSPS) is 11.2. The SMILES string of the molecule is Cc1ccc(NS(=O)(=O)c2ccc(C)c(C(=O)NCc3ccccc3Cn3cncn3)c2)cc1. The number of nitrogens with one attached hydrogen (secondary N) is 2. The van der Waals surface area contributed by atoms with Crippen molar-refractivity contribution in [2.24, 2.45) is 0 Å². The molecule has 0 saturated carbocycles. The molecule has 2 N–H and O–H groups in total. The minimum Gasteiger partial charge on any atom is -0.348 e. The molecule has 8 nitrogen and oxygen atoms in total. The van der Waals surface area contributed by atoms with Crippen LogP contribution in [0.25, 0.3) is 0 Å². The monoisotopic (exact) mass is 475 g/mol.